The van der Waals surface area contributed by atoms with Gasteiger partial charge in [0.15, 0.2) is 0 Å². The molecule has 1 aliphatic rings. The predicted octanol–water partition coefficient (Wildman–Crippen LogP) is 3.81. The van der Waals surface area contributed by atoms with Crippen molar-refractivity contribution in [3.8, 4) is 0 Å². The van der Waals surface area contributed by atoms with Crippen LogP contribution in [0.5, 0.6) is 0 Å². The highest BCUT2D eigenvalue weighted by Gasteiger charge is 1.85. The van der Waals surface area contributed by atoms with Gasteiger partial charge in [-0.25, -0.2) is 0 Å². The first-order valence-corrected chi connectivity index (χ1v) is 4.87. The summed E-state index contributed by atoms with van der Waals surface area (Å²) in [6.07, 6.45) is 21.5. The fraction of sp³-hybridized carbons (Fsp3) is 0.500. The minimum atomic E-state index is 0.963. The summed E-state index contributed by atoms with van der Waals surface area (Å²) in [6.45, 7) is 0. The Morgan fingerprint density at radius 2 is 1.67 bits per heavy atom. The summed E-state index contributed by atoms with van der Waals surface area (Å²) in [6, 6.07) is 0. The van der Waals surface area contributed by atoms with Crippen LogP contribution in [0.3, 0.4) is 0 Å². The van der Waals surface area contributed by atoms with Crippen LogP contribution in [-0.2, 0) is 0 Å². The standard InChI is InChI=1S/C12H17/c1-2-4-6-8-10-12-11-9-7-5-3-1/h1-3,9,11H,4,6-8,10,12H2/b2-1+,5-3?,11-9-. The van der Waals surface area contributed by atoms with Crippen LogP contribution >= 0.6 is 0 Å². The predicted molar refractivity (Wildman–Crippen MR) is 53.8 cm³/mol. The fourth-order valence-electron chi connectivity index (χ4n) is 1.27. The Hall–Kier alpha value is -0.780. The third-order valence-corrected chi connectivity index (χ3v) is 1.99. The van der Waals surface area contributed by atoms with Gasteiger partial charge in [-0.1, -0.05) is 36.8 Å². The molecule has 0 heteroatoms. The first-order chi connectivity index (χ1) is 6.00. The molecule has 0 spiro atoms. The molecule has 12 heavy (non-hydrogen) atoms. The lowest BCUT2D eigenvalue weighted by atomic mass is 10.1. The zero-order chi connectivity index (χ0) is 8.49. The van der Waals surface area contributed by atoms with Gasteiger partial charge in [0.25, 0.3) is 0 Å². The minimum absolute atomic E-state index is 0.963. The molecule has 0 aromatic rings. The van der Waals surface area contributed by atoms with Crippen LogP contribution in [0.25, 0.3) is 0 Å². The molecule has 0 bridgehead atoms. The molecule has 0 saturated carbocycles. The van der Waals surface area contributed by atoms with Crippen molar-refractivity contribution in [1.82, 2.24) is 0 Å². The largest absolute Gasteiger partial charge is 0.0882 e. The Morgan fingerprint density at radius 3 is 2.58 bits per heavy atom. The molecule has 0 saturated heterocycles. The van der Waals surface area contributed by atoms with E-state index in [2.05, 4.69) is 30.4 Å². The van der Waals surface area contributed by atoms with E-state index in [1.54, 1.807) is 0 Å². The van der Waals surface area contributed by atoms with Crippen molar-refractivity contribution in [3.05, 3.63) is 36.5 Å². The van der Waals surface area contributed by atoms with Gasteiger partial charge < -0.3 is 0 Å². The van der Waals surface area contributed by atoms with Gasteiger partial charge in [-0.2, -0.15) is 0 Å². The van der Waals surface area contributed by atoms with E-state index in [9.17, 15) is 0 Å². The monoisotopic (exact) mass is 161 g/mol. The first kappa shape index (κ1) is 9.31. The van der Waals surface area contributed by atoms with Gasteiger partial charge in [0, 0.05) is 0 Å². The highest BCUT2D eigenvalue weighted by atomic mass is 13.9. The maximum Gasteiger partial charge on any atom is -0.00946 e. The van der Waals surface area contributed by atoms with E-state index < -0.39 is 0 Å². The second kappa shape index (κ2) is 6.90. The average Bonchev–Trinajstić information content (AvgIpc) is 2.05. The Balaban J connectivity index is 2.31. The highest BCUT2D eigenvalue weighted by Crippen LogP contribution is 2.05. The lowest BCUT2D eigenvalue weighted by Gasteiger charge is -1.95. The zero-order valence-electron chi connectivity index (χ0n) is 7.63. The van der Waals surface area contributed by atoms with Crippen molar-refractivity contribution in [1.29, 1.82) is 0 Å². The molecule has 0 aromatic carbocycles. The van der Waals surface area contributed by atoms with Crippen molar-refractivity contribution in [3.63, 3.8) is 0 Å². The van der Waals surface area contributed by atoms with Gasteiger partial charge in [-0.3, -0.25) is 0 Å². The molecule has 1 rings (SSSR count). The average molecular weight is 161 g/mol. The first-order valence-electron chi connectivity index (χ1n) is 4.87. The van der Waals surface area contributed by atoms with Crippen molar-refractivity contribution in [2.75, 3.05) is 0 Å². The van der Waals surface area contributed by atoms with Crippen LogP contribution in [0, 0.1) is 6.08 Å². The maximum atomic E-state index is 3.20. The molecule has 0 amide bonds. The molecule has 1 radical (unpaired) electrons. The second-order valence-corrected chi connectivity index (χ2v) is 3.11. The quantitative estimate of drug-likeness (QED) is 0.474. The van der Waals surface area contributed by atoms with Crippen LogP contribution in [-0.4, -0.2) is 0 Å². The Bertz CT molecular complexity index is 172. The number of allylic oxidation sites excluding steroid dienone is 6. The zero-order valence-corrected chi connectivity index (χ0v) is 7.63. The van der Waals surface area contributed by atoms with Crippen molar-refractivity contribution >= 4 is 0 Å². The Labute approximate surface area is 75.7 Å². The van der Waals surface area contributed by atoms with Crippen molar-refractivity contribution in [2.24, 2.45) is 0 Å². The van der Waals surface area contributed by atoms with Gasteiger partial charge in [-0.05, 0) is 38.2 Å². The van der Waals surface area contributed by atoms with E-state index >= 15 is 0 Å². The van der Waals surface area contributed by atoms with Crippen molar-refractivity contribution in [2.45, 2.75) is 38.5 Å². The van der Waals surface area contributed by atoms with Crippen LogP contribution in [0.4, 0.5) is 0 Å². The lowest BCUT2D eigenvalue weighted by Crippen LogP contribution is -1.75. The summed E-state index contributed by atoms with van der Waals surface area (Å²) >= 11 is 0. The summed E-state index contributed by atoms with van der Waals surface area (Å²) in [5.74, 6) is 0. The molecular weight excluding hydrogens is 144 g/mol. The Morgan fingerprint density at radius 1 is 0.833 bits per heavy atom. The molecule has 0 nitrogen and oxygen atoms in total. The molecule has 0 atom stereocenters. The minimum Gasteiger partial charge on any atom is -0.0882 e. The smallest absolute Gasteiger partial charge is 0.00946 e. The van der Waals surface area contributed by atoms with Crippen LogP contribution in [0.15, 0.2) is 30.4 Å². The van der Waals surface area contributed by atoms with E-state index in [1.807, 2.05) is 6.08 Å². The second-order valence-electron chi connectivity index (χ2n) is 3.11. The van der Waals surface area contributed by atoms with Crippen LogP contribution in [0.1, 0.15) is 38.5 Å². The summed E-state index contributed by atoms with van der Waals surface area (Å²) in [5.41, 5.74) is 0. The lowest BCUT2D eigenvalue weighted by molar-refractivity contribution is 0.695. The van der Waals surface area contributed by atoms with E-state index in [0.717, 1.165) is 6.42 Å². The van der Waals surface area contributed by atoms with Gasteiger partial charge in [0.05, 0.1) is 0 Å². The highest BCUT2D eigenvalue weighted by molar-refractivity contribution is 5.01. The van der Waals surface area contributed by atoms with E-state index in [1.165, 1.54) is 32.1 Å². The molecule has 0 fully saturated rings. The Kier molecular flexibility index (Phi) is 5.35. The molecule has 0 aromatic heterocycles. The maximum absolute atomic E-state index is 3.20. The van der Waals surface area contributed by atoms with Gasteiger partial charge >= 0.3 is 0 Å². The number of rotatable bonds is 0. The van der Waals surface area contributed by atoms with Crippen LogP contribution in [0.2, 0.25) is 0 Å². The summed E-state index contributed by atoms with van der Waals surface area (Å²) in [7, 11) is 0. The van der Waals surface area contributed by atoms with Gasteiger partial charge in [-0.15, -0.1) is 0 Å². The van der Waals surface area contributed by atoms with E-state index in [0.29, 0.717) is 0 Å². The molecule has 1 aliphatic carbocycles. The number of hydrogen-bond acceptors (Lipinski definition) is 0. The topological polar surface area (TPSA) is 0 Å². The van der Waals surface area contributed by atoms with E-state index in [4.69, 9.17) is 0 Å². The summed E-state index contributed by atoms with van der Waals surface area (Å²) in [4.78, 5) is 0. The number of hydrogen-bond donors (Lipinski definition) is 0. The molecule has 65 valence electrons. The summed E-state index contributed by atoms with van der Waals surface area (Å²) < 4.78 is 0. The SMILES string of the molecule is [C]1=C\C=C\CCCCC/C=C\C/1. The molecule has 0 N–H and O–H groups in total. The van der Waals surface area contributed by atoms with Crippen molar-refractivity contribution < 1.29 is 0 Å². The van der Waals surface area contributed by atoms with E-state index in [-0.39, 0.29) is 0 Å². The summed E-state index contributed by atoms with van der Waals surface area (Å²) in [5, 5.41) is 0. The third-order valence-electron chi connectivity index (χ3n) is 1.99. The van der Waals surface area contributed by atoms with Gasteiger partial charge in [0.1, 0.15) is 0 Å². The molecular formula is C12H17. The normalized spacial score (nSPS) is 28.0. The molecule has 0 heterocycles. The van der Waals surface area contributed by atoms with Gasteiger partial charge in [0.2, 0.25) is 0 Å². The third kappa shape index (κ3) is 4.95. The fourth-order valence-corrected chi connectivity index (χ4v) is 1.27. The van der Waals surface area contributed by atoms with Crippen LogP contribution < -0.4 is 0 Å². The molecule has 0 unspecified atom stereocenters. The molecule has 0 aliphatic heterocycles.